The van der Waals surface area contributed by atoms with Gasteiger partial charge in [-0.3, -0.25) is 10.1 Å². The Morgan fingerprint density at radius 1 is 1.03 bits per heavy atom. The molecule has 2 N–H and O–H groups in total. The van der Waals surface area contributed by atoms with Crippen LogP contribution in [0.25, 0.3) is 10.6 Å². The molecule has 1 aromatic heterocycles. The van der Waals surface area contributed by atoms with Gasteiger partial charge >= 0.3 is 6.03 Å². The second-order valence-corrected chi connectivity index (χ2v) is 9.88. The van der Waals surface area contributed by atoms with Gasteiger partial charge in [0.25, 0.3) is 0 Å². The van der Waals surface area contributed by atoms with Gasteiger partial charge in [-0.15, -0.1) is 10.2 Å². The molecule has 3 amide bonds. The summed E-state index contributed by atoms with van der Waals surface area (Å²) in [5.74, 6) is 0.183. The van der Waals surface area contributed by atoms with Crippen LogP contribution in [0.15, 0.2) is 48.5 Å². The van der Waals surface area contributed by atoms with Crippen LogP contribution in [0.3, 0.4) is 0 Å². The maximum absolute atomic E-state index is 13.0. The number of nitrogens with zero attached hydrogens (tertiary/aromatic N) is 4. The van der Waals surface area contributed by atoms with Crippen LogP contribution in [0.4, 0.5) is 21.3 Å². The van der Waals surface area contributed by atoms with Gasteiger partial charge < -0.3 is 15.1 Å². The van der Waals surface area contributed by atoms with E-state index in [0.29, 0.717) is 24.0 Å². The molecular weight excluding hydrogens is 448 g/mol. The standard InChI is InChI=1S/C25H30N6O2S/c1-16(2)17-7-11-19(12-8-17)26-25(33)31-15-5-6-21(31)22(32)27-24-29-28-23(34-24)18-9-13-20(14-10-18)30(3)4/h7-14,16,21H,5-6,15H2,1-4H3,(H,26,33)(H,27,29,32). The van der Waals surface area contributed by atoms with E-state index in [4.69, 9.17) is 0 Å². The van der Waals surface area contributed by atoms with E-state index >= 15 is 0 Å². The predicted octanol–water partition coefficient (Wildman–Crippen LogP) is 5.03. The molecule has 1 aliphatic heterocycles. The number of amides is 3. The van der Waals surface area contributed by atoms with Crippen molar-refractivity contribution >= 4 is 39.8 Å². The van der Waals surface area contributed by atoms with Crippen LogP contribution in [-0.2, 0) is 4.79 Å². The largest absolute Gasteiger partial charge is 0.378 e. The van der Waals surface area contributed by atoms with Crippen LogP contribution in [0.2, 0.25) is 0 Å². The summed E-state index contributed by atoms with van der Waals surface area (Å²) in [7, 11) is 3.98. The average molecular weight is 479 g/mol. The number of hydrogen-bond donors (Lipinski definition) is 2. The lowest BCUT2D eigenvalue weighted by atomic mass is 10.0. The molecule has 0 spiro atoms. The smallest absolute Gasteiger partial charge is 0.322 e. The van der Waals surface area contributed by atoms with E-state index in [1.54, 1.807) is 4.90 Å². The van der Waals surface area contributed by atoms with E-state index in [1.807, 2.05) is 67.5 Å². The minimum absolute atomic E-state index is 0.242. The number of hydrogen-bond acceptors (Lipinski definition) is 6. The van der Waals surface area contributed by atoms with E-state index in [2.05, 4.69) is 34.7 Å². The van der Waals surface area contributed by atoms with Crippen molar-refractivity contribution in [3.05, 3.63) is 54.1 Å². The lowest BCUT2D eigenvalue weighted by Crippen LogP contribution is -2.45. The molecule has 1 saturated heterocycles. The highest BCUT2D eigenvalue weighted by molar-refractivity contribution is 7.18. The molecule has 1 fully saturated rings. The monoisotopic (exact) mass is 478 g/mol. The minimum Gasteiger partial charge on any atom is -0.378 e. The third kappa shape index (κ3) is 5.36. The van der Waals surface area contributed by atoms with Gasteiger partial charge in [-0.1, -0.05) is 37.3 Å². The fourth-order valence-electron chi connectivity index (χ4n) is 3.91. The molecule has 9 heteroatoms. The summed E-state index contributed by atoms with van der Waals surface area (Å²) < 4.78 is 0. The molecule has 0 aliphatic carbocycles. The van der Waals surface area contributed by atoms with Gasteiger partial charge in [0.15, 0.2) is 0 Å². The summed E-state index contributed by atoms with van der Waals surface area (Å²) in [5.41, 5.74) is 3.96. The first-order valence-electron chi connectivity index (χ1n) is 11.4. The molecular formula is C25H30N6O2S. The molecule has 1 atom stereocenters. The summed E-state index contributed by atoms with van der Waals surface area (Å²) in [6, 6.07) is 15.0. The van der Waals surface area contributed by atoms with Crippen molar-refractivity contribution in [2.24, 2.45) is 0 Å². The molecule has 0 radical (unpaired) electrons. The van der Waals surface area contributed by atoms with E-state index in [1.165, 1.54) is 16.9 Å². The summed E-state index contributed by atoms with van der Waals surface area (Å²) in [6.07, 6.45) is 1.39. The van der Waals surface area contributed by atoms with Gasteiger partial charge in [0.05, 0.1) is 0 Å². The Labute approximate surface area is 204 Å². The molecule has 34 heavy (non-hydrogen) atoms. The first kappa shape index (κ1) is 23.7. The van der Waals surface area contributed by atoms with Crippen LogP contribution >= 0.6 is 11.3 Å². The highest BCUT2D eigenvalue weighted by Gasteiger charge is 2.34. The maximum Gasteiger partial charge on any atom is 0.322 e. The van der Waals surface area contributed by atoms with Crippen LogP contribution in [-0.4, -0.2) is 53.7 Å². The molecule has 0 bridgehead atoms. The molecule has 1 aliphatic rings. The third-order valence-corrected chi connectivity index (χ3v) is 6.82. The molecule has 4 rings (SSSR count). The summed E-state index contributed by atoms with van der Waals surface area (Å²) in [6.45, 7) is 4.79. The van der Waals surface area contributed by atoms with E-state index < -0.39 is 6.04 Å². The number of carbonyl (C=O) groups excluding carboxylic acids is 2. The van der Waals surface area contributed by atoms with Gasteiger partial charge in [0.2, 0.25) is 11.0 Å². The molecule has 1 unspecified atom stereocenters. The zero-order valence-corrected chi connectivity index (χ0v) is 20.7. The topological polar surface area (TPSA) is 90.5 Å². The van der Waals surface area contributed by atoms with Crippen molar-refractivity contribution < 1.29 is 9.59 Å². The first-order valence-corrected chi connectivity index (χ1v) is 12.2. The zero-order chi connectivity index (χ0) is 24.2. The van der Waals surface area contributed by atoms with E-state index in [-0.39, 0.29) is 11.9 Å². The number of rotatable bonds is 6. The Morgan fingerprint density at radius 2 is 1.74 bits per heavy atom. The average Bonchev–Trinajstić information content (AvgIpc) is 3.49. The van der Waals surface area contributed by atoms with Crippen molar-refractivity contribution in [3.8, 4) is 10.6 Å². The number of urea groups is 1. The minimum atomic E-state index is -0.540. The van der Waals surface area contributed by atoms with E-state index in [9.17, 15) is 9.59 Å². The zero-order valence-electron chi connectivity index (χ0n) is 19.9. The molecule has 3 aromatic rings. The normalized spacial score (nSPS) is 15.4. The lowest BCUT2D eigenvalue weighted by Gasteiger charge is -2.24. The van der Waals surface area contributed by atoms with Crippen molar-refractivity contribution in [2.75, 3.05) is 36.2 Å². The maximum atomic E-state index is 13.0. The lowest BCUT2D eigenvalue weighted by molar-refractivity contribution is -0.119. The third-order valence-electron chi connectivity index (χ3n) is 5.93. The Bertz CT molecular complexity index is 1140. The highest BCUT2D eigenvalue weighted by atomic mass is 32.1. The van der Waals surface area contributed by atoms with Gasteiger partial charge in [-0.25, -0.2) is 4.79 Å². The summed E-state index contributed by atoms with van der Waals surface area (Å²) >= 11 is 1.32. The Kier molecular flexibility index (Phi) is 7.12. The fraction of sp³-hybridized carbons (Fsp3) is 0.360. The van der Waals surface area contributed by atoms with E-state index in [0.717, 1.165) is 28.4 Å². The van der Waals surface area contributed by atoms with Crippen molar-refractivity contribution in [1.29, 1.82) is 0 Å². The fourth-order valence-corrected chi connectivity index (χ4v) is 4.66. The molecule has 2 heterocycles. The van der Waals surface area contributed by atoms with Crippen LogP contribution < -0.4 is 15.5 Å². The number of aromatic nitrogens is 2. The summed E-state index contributed by atoms with van der Waals surface area (Å²) in [4.78, 5) is 29.5. The quantitative estimate of drug-likeness (QED) is 0.519. The number of likely N-dealkylation sites (tertiary alicyclic amines) is 1. The van der Waals surface area contributed by atoms with Gasteiger partial charge in [-0.2, -0.15) is 0 Å². The van der Waals surface area contributed by atoms with Gasteiger partial charge in [-0.05, 0) is 60.7 Å². The first-order chi connectivity index (χ1) is 16.3. The summed E-state index contributed by atoms with van der Waals surface area (Å²) in [5, 5.41) is 15.3. The SMILES string of the molecule is CC(C)c1ccc(NC(=O)N2CCCC2C(=O)Nc2nnc(-c3ccc(N(C)C)cc3)s2)cc1. The second kappa shape index (κ2) is 10.2. The van der Waals surface area contributed by atoms with Crippen molar-refractivity contribution in [2.45, 2.75) is 38.6 Å². The van der Waals surface area contributed by atoms with Crippen LogP contribution in [0, 0.1) is 0 Å². The molecule has 8 nitrogen and oxygen atoms in total. The highest BCUT2D eigenvalue weighted by Crippen LogP contribution is 2.29. The molecule has 0 saturated carbocycles. The van der Waals surface area contributed by atoms with Crippen LogP contribution in [0.1, 0.15) is 38.2 Å². The van der Waals surface area contributed by atoms with Crippen molar-refractivity contribution in [3.63, 3.8) is 0 Å². The van der Waals surface area contributed by atoms with Gasteiger partial charge in [0, 0.05) is 37.6 Å². The van der Waals surface area contributed by atoms with Crippen LogP contribution in [0.5, 0.6) is 0 Å². The number of nitrogens with one attached hydrogen (secondary N) is 2. The molecule has 2 aromatic carbocycles. The number of carbonyl (C=O) groups is 2. The second-order valence-electron chi connectivity index (χ2n) is 8.90. The predicted molar refractivity (Wildman–Crippen MR) is 138 cm³/mol. The molecule has 178 valence electrons. The number of anilines is 3. The Balaban J connectivity index is 1.38. The number of benzene rings is 2. The van der Waals surface area contributed by atoms with Crippen molar-refractivity contribution in [1.82, 2.24) is 15.1 Å². The van der Waals surface area contributed by atoms with Gasteiger partial charge in [0.1, 0.15) is 11.0 Å². The Hall–Kier alpha value is -3.46. The Morgan fingerprint density at radius 3 is 2.38 bits per heavy atom.